The number of rotatable bonds is 7. The first kappa shape index (κ1) is 22.0. The Labute approximate surface area is 191 Å². The SMILES string of the molecule is COc1ccc(N2C(=O)C(O)=C(C(=O)c3ccco3)C2c2ccc(N(C)C)cc2)cc1OC. The molecule has 1 atom stereocenters. The predicted octanol–water partition coefficient (Wildman–Crippen LogP) is 4.15. The number of ether oxygens (including phenoxy) is 2. The number of aliphatic hydroxyl groups is 1. The van der Waals surface area contributed by atoms with Crippen molar-refractivity contribution in [2.45, 2.75) is 6.04 Å². The molecule has 1 aromatic heterocycles. The van der Waals surface area contributed by atoms with Crippen LogP contribution < -0.4 is 19.3 Å². The van der Waals surface area contributed by atoms with E-state index in [9.17, 15) is 14.7 Å². The fourth-order valence-corrected chi connectivity index (χ4v) is 3.89. The summed E-state index contributed by atoms with van der Waals surface area (Å²) in [6, 6.07) is 14.6. The van der Waals surface area contributed by atoms with Crippen LogP contribution in [0.5, 0.6) is 11.5 Å². The first-order chi connectivity index (χ1) is 15.9. The van der Waals surface area contributed by atoms with Gasteiger partial charge in [-0.05, 0) is 42.0 Å². The van der Waals surface area contributed by atoms with E-state index >= 15 is 0 Å². The first-order valence-electron chi connectivity index (χ1n) is 10.2. The van der Waals surface area contributed by atoms with Crippen molar-refractivity contribution in [2.24, 2.45) is 0 Å². The lowest BCUT2D eigenvalue weighted by atomic mass is 9.94. The second-order valence-electron chi connectivity index (χ2n) is 7.67. The van der Waals surface area contributed by atoms with Gasteiger partial charge in [-0.3, -0.25) is 14.5 Å². The van der Waals surface area contributed by atoms with E-state index in [1.54, 1.807) is 24.3 Å². The summed E-state index contributed by atoms with van der Waals surface area (Å²) >= 11 is 0. The average molecular weight is 448 g/mol. The summed E-state index contributed by atoms with van der Waals surface area (Å²) < 4.78 is 16.0. The average Bonchev–Trinajstić information content (AvgIpc) is 3.46. The highest BCUT2D eigenvalue weighted by molar-refractivity contribution is 6.20. The van der Waals surface area contributed by atoms with E-state index in [2.05, 4.69) is 0 Å². The molecule has 0 fully saturated rings. The van der Waals surface area contributed by atoms with Crippen LogP contribution in [-0.2, 0) is 4.79 Å². The quantitative estimate of drug-likeness (QED) is 0.543. The third kappa shape index (κ3) is 3.80. The largest absolute Gasteiger partial charge is 0.503 e. The van der Waals surface area contributed by atoms with Crippen LogP contribution in [0.1, 0.15) is 22.2 Å². The number of anilines is 2. The Kier molecular flexibility index (Phi) is 5.83. The molecule has 4 rings (SSSR count). The lowest BCUT2D eigenvalue weighted by Gasteiger charge is -2.27. The van der Waals surface area contributed by atoms with Gasteiger partial charge in [-0.15, -0.1) is 0 Å². The van der Waals surface area contributed by atoms with Gasteiger partial charge in [0.05, 0.1) is 32.1 Å². The van der Waals surface area contributed by atoms with Gasteiger partial charge < -0.3 is 23.9 Å². The maximum atomic E-state index is 13.3. The topological polar surface area (TPSA) is 92.5 Å². The molecular formula is C25H24N2O6. The van der Waals surface area contributed by atoms with Gasteiger partial charge >= 0.3 is 0 Å². The van der Waals surface area contributed by atoms with Crippen LogP contribution >= 0.6 is 0 Å². The Hall–Kier alpha value is -4.20. The molecule has 0 spiro atoms. The van der Waals surface area contributed by atoms with E-state index in [4.69, 9.17) is 13.9 Å². The summed E-state index contributed by atoms with van der Waals surface area (Å²) in [6.07, 6.45) is 1.37. The minimum Gasteiger partial charge on any atom is -0.503 e. The molecule has 170 valence electrons. The number of ketones is 1. The molecule has 0 radical (unpaired) electrons. The smallest absolute Gasteiger partial charge is 0.294 e. The van der Waals surface area contributed by atoms with Crippen molar-refractivity contribution in [2.75, 3.05) is 38.1 Å². The molecule has 1 amide bonds. The Morgan fingerprint density at radius 2 is 1.73 bits per heavy atom. The van der Waals surface area contributed by atoms with Crippen LogP contribution in [0.15, 0.2) is 76.6 Å². The predicted molar refractivity (Wildman–Crippen MR) is 123 cm³/mol. The first-order valence-corrected chi connectivity index (χ1v) is 10.2. The van der Waals surface area contributed by atoms with E-state index in [1.165, 1.54) is 31.4 Å². The van der Waals surface area contributed by atoms with Gasteiger partial charge in [0.1, 0.15) is 0 Å². The number of nitrogens with zero attached hydrogens (tertiary/aromatic N) is 2. The lowest BCUT2D eigenvalue weighted by molar-refractivity contribution is -0.117. The summed E-state index contributed by atoms with van der Waals surface area (Å²) in [5.74, 6) is -0.936. The summed E-state index contributed by atoms with van der Waals surface area (Å²) in [4.78, 5) is 29.9. The third-order valence-corrected chi connectivity index (χ3v) is 5.57. The van der Waals surface area contributed by atoms with Crippen molar-refractivity contribution < 1.29 is 28.6 Å². The Balaban J connectivity index is 1.87. The minimum atomic E-state index is -0.871. The number of furan rings is 1. The van der Waals surface area contributed by atoms with Crippen LogP contribution in [0.2, 0.25) is 0 Å². The number of aliphatic hydroxyl groups excluding tert-OH is 1. The standard InChI is InChI=1S/C25H24N2O6/c1-26(2)16-9-7-15(8-10-16)22-21(23(28)19-6-5-13-33-19)24(29)25(30)27(22)17-11-12-18(31-3)20(14-17)32-4/h5-14,22,29H,1-4H3. The van der Waals surface area contributed by atoms with Crippen molar-refractivity contribution in [1.82, 2.24) is 0 Å². The van der Waals surface area contributed by atoms with Gasteiger partial charge in [0.25, 0.3) is 5.91 Å². The van der Waals surface area contributed by atoms with Crippen molar-refractivity contribution in [3.63, 3.8) is 0 Å². The van der Waals surface area contributed by atoms with Crippen molar-refractivity contribution >= 4 is 23.1 Å². The fraction of sp³-hybridized carbons (Fsp3) is 0.200. The number of carbonyl (C=O) groups is 2. The molecule has 1 unspecified atom stereocenters. The molecule has 0 saturated heterocycles. The van der Waals surface area contributed by atoms with Gasteiger partial charge in [0, 0.05) is 31.5 Å². The Bertz CT molecular complexity index is 1210. The molecule has 3 aromatic rings. The third-order valence-electron chi connectivity index (χ3n) is 5.57. The van der Waals surface area contributed by atoms with Crippen molar-refractivity contribution in [1.29, 1.82) is 0 Å². The summed E-state index contributed by atoms with van der Waals surface area (Å²) in [7, 11) is 6.84. The molecule has 8 heteroatoms. The molecule has 8 nitrogen and oxygen atoms in total. The van der Waals surface area contributed by atoms with E-state index in [0.29, 0.717) is 22.7 Å². The maximum Gasteiger partial charge on any atom is 0.294 e. The van der Waals surface area contributed by atoms with Crippen LogP contribution in [0.4, 0.5) is 11.4 Å². The maximum absolute atomic E-state index is 13.3. The zero-order chi connectivity index (χ0) is 23.7. The fourth-order valence-electron chi connectivity index (χ4n) is 3.89. The molecule has 1 aliphatic rings. The molecule has 0 aliphatic carbocycles. The van der Waals surface area contributed by atoms with Gasteiger partial charge in [0.2, 0.25) is 5.78 Å². The molecular weight excluding hydrogens is 424 g/mol. The van der Waals surface area contributed by atoms with Gasteiger partial charge in [-0.1, -0.05) is 12.1 Å². The van der Waals surface area contributed by atoms with E-state index in [0.717, 1.165) is 5.69 Å². The summed E-state index contributed by atoms with van der Waals surface area (Å²) in [5.41, 5.74) is 1.99. The zero-order valence-corrected chi connectivity index (χ0v) is 18.7. The van der Waals surface area contributed by atoms with E-state index in [1.807, 2.05) is 43.3 Å². The number of hydrogen-bond acceptors (Lipinski definition) is 7. The lowest BCUT2D eigenvalue weighted by Crippen LogP contribution is -2.31. The molecule has 0 saturated carbocycles. The van der Waals surface area contributed by atoms with Crippen LogP contribution in [0, 0.1) is 0 Å². The summed E-state index contributed by atoms with van der Waals surface area (Å²) in [6.45, 7) is 0. The number of carbonyl (C=O) groups excluding carboxylic acids is 2. The highest BCUT2D eigenvalue weighted by atomic mass is 16.5. The second-order valence-corrected chi connectivity index (χ2v) is 7.67. The second kappa shape index (κ2) is 8.74. The number of benzene rings is 2. The molecule has 0 bridgehead atoms. The van der Waals surface area contributed by atoms with Gasteiger partial charge in [0.15, 0.2) is 23.0 Å². The molecule has 33 heavy (non-hydrogen) atoms. The van der Waals surface area contributed by atoms with Gasteiger partial charge in [-0.25, -0.2) is 0 Å². The van der Waals surface area contributed by atoms with Crippen LogP contribution in [0.3, 0.4) is 0 Å². The molecule has 2 aromatic carbocycles. The number of amides is 1. The van der Waals surface area contributed by atoms with Gasteiger partial charge in [-0.2, -0.15) is 0 Å². The number of hydrogen-bond donors (Lipinski definition) is 1. The van der Waals surface area contributed by atoms with Crippen LogP contribution in [-0.4, -0.2) is 45.1 Å². The summed E-state index contributed by atoms with van der Waals surface area (Å²) in [5, 5.41) is 10.8. The van der Waals surface area contributed by atoms with Crippen LogP contribution in [0.25, 0.3) is 0 Å². The normalized spacial score (nSPS) is 15.7. The number of methoxy groups -OCH3 is 2. The molecule has 1 N–H and O–H groups in total. The molecule has 1 aliphatic heterocycles. The van der Waals surface area contributed by atoms with Crippen molar-refractivity contribution in [3.8, 4) is 11.5 Å². The highest BCUT2D eigenvalue weighted by Crippen LogP contribution is 2.44. The number of Topliss-reactive ketones (excluding diaryl/α,β-unsaturated/α-hetero) is 1. The zero-order valence-electron chi connectivity index (χ0n) is 18.7. The highest BCUT2D eigenvalue weighted by Gasteiger charge is 2.45. The Morgan fingerprint density at radius 1 is 1.03 bits per heavy atom. The van der Waals surface area contributed by atoms with E-state index in [-0.39, 0.29) is 11.3 Å². The minimum absolute atomic E-state index is 0.0356. The molecule has 2 heterocycles. The Morgan fingerprint density at radius 3 is 2.30 bits per heavy atom. The van der Waals surface area contributed by atoms with E-state index < -0.39 is 23.5 Å². The van der Waals surface area contributed by atoms with Crippen molar-refractivity contribution in [3.05, 3.63) is 83.5 Å². The monoisotopic (exact) mass is 448 g/mol.